The van der Waals surface area contributed by atoms with E-state index in [-0.39, 0.29) is 11.4 Å². The van der Waals surface area contributed by atoms with Crippen LogP contribution in [0.1, 0.15) is 29.0 Å². The lowest BCUT2D eigenvalue weighted by Gasteiger charge is -2.48. The number of morpholine rings is 1. The number of amides is 1. The Kier molecular flexibility index (Phi) is 5.05. The van der Waals surface area contributed by atoms with Crippen molar-refractivity contribution in [3.63, 3.8) is 0 Å². The van der Waals surface area contributed by atoms with Crippen molar-refractivity contribution in [3.05, 3.63) is 17.5 Å². The van der Waals surface area contributed by atoms with E-state index in [1.165, 1.54) is 6.20 Å². The van der Waals surface area contributed by atoms with Gasteiger partial charge in [0.25, 0.3) is 5.91 Å². The van der Waals surface area contributed by atoms with Crippen molar-refractivity contribution in [2.45, 2.75) is 25.3 Å². The van der Waals surface area contributed by atoms with Gasteiger partial charge in [-0.2, -0.15) is 11.8 Å². The van der Waals surface area contributed by atoms with Crippen LogP contribution in [-0.2, 0) is 4.74 Å². The fourth-order valence-corrected chi connectivity index (χ4v) is 4.50. The first-order chi connectivity index (χ1) is 10.7. The monoisotopic (exact) mass is 325 g/mol. The number of carbonyl (C=O) groups is 1. The Morgan fingerprint density at radius 1 is 1.41 bits per heavy atom. The van der Waals surface area contributed by atoms with E-state index in [4.69, 9.17) is 9.26 Å². The second-order valence-corrected chi connectivity index (χ2v) is 7.14. The molecule has 1 aromatic heterocycles. The predicted octanol–water partition coefficient (Wildman–Crippen LogP) is 1.31. The highest BCUT2D eigenvalue weighted by atomic mass is 32.2. The summed E-state index contributed by atoms with van der Waals surface area (Å²) < 4.78 is 10.5. The van der Waals surface area contributed by atoms with Gasteiger partial charge in [0, 0.05) is 25.2 Å². The first kappa shape index (κ1) is 15.8. The molecular weight excluding hydrogens is 302 g/mol. The molecule has 22 heavy (non-hydrogen) atoms. The van der Waals surface area contributed by atoms with Crippen LogP contribution in [0.15, 0.2) is 10.7 Å². The third-order valence-electron chi connectivity index (χ3n) is 4.68. The fourth-order valence-electron chi connectivity index (χ4n) is 3.25. The first-order valence-corrected chi connectivity index (χ1v) is 8.97. The number of aryl methyl sites for hydroxylation is 1. The number of hydrogen-bond acceptors (Lipinski definition) is 6. The number of thioether (sulfide) groups is 1. The number of nitrogens with zero attached hydrogens (tertiary/aromatic N) is 2. The Labute approximate surface area is 134 Å². The molecule has 2 fully saturated rings. The van der Waals surface area contributed by atoms with Gasteiger partial charge in [-0.25, -0.2) is 0 Å². The van der Waals surface area contributed by atoms with E-state index in [1.54, 1.807) is 6.92 Å². The molecule has 0 bridgehead atoms. The van der Waals surface area contributed by atoms with E-state index in [0.717, 1.165) is 50.7 Å². The quantitative estimate of drug-likeness (QED) is 0.900. The molecular formula is C15H23N3O3S. The molecule has 0 saturated carbocycles. The highest BCUT2D eigenvalue weighted by Gasteiger charge is 2.39. The van der Waals surface area contributed by atoms with E-state index in [1.807, 2.05) is 11.8 Å². The Morgan fingerprint density at radius 3 is 2.77 bits per heavy atom. The summed E-state index contributed by atoms with van der Waals surface area (Å²) in [5, 5.41) is 6.78. The minimum Gasteiger partial charge on any atom is -0.379 e. The Balaban J connectivity index is 1.67. The summed E-state index contributed by atoms with van der Waals surface area (Å²) in [6, 6.07) is 0. The number of nitrogens with one attached hydrogen (secondary N) is 1. The van der Waals surface area contributed by atoms with Gasteiger partial charge < -0.3 is 14.6 Å². The van der Waals surface area contributed by atoms with Crippen LogP contribution in [-0.4, -0.2) is 65.9 Å². The van der Waals surface area contributed by atoms with Crippen molar-refractivity contribution in [1.82, 2.24) is 15.4 Å². The minimum atomic E-state index is -0.0930. The molecule has 1 N–H and O–H groups in total. The molecule has 0 unspecified atom stereocenters. The van der Waals surface area contributed by atoms with E-state index in [0.29, 0.717) is 17.9 Å². The summed E-state index contributed by atoms with van der Waals surface area (Å²) in [7, 11) is 0. The zero-order valence-corrected chi connectivity index (χ0v) is 13.8. The number of rotatable bonds is 4. The maximum atomic E-state index is 12.3. The van der Waals surface area contributed by atoms with E-state index in [2.05, 4.69) is 15.4 Å². The molecule has 0 aromatic carbocycles. The number of aromatic nitrogens is 1. The van der Waals surface area contributed by atoms with Gasteiger partial charge in [0.15, 0.2) is 0 Å². The molecule has 3 rings (SSSR count). The van der Waals surface area contributed by atoms with Gasteiger partial charge in [0.1, 0.15) is 11.3 Å². The normalized spacial score (nSPS) is 22.4. The lowest BCUT2D eigenvalue weighted by Crippen LogP contribution is -2.60. The summed E-state index contributed by atoms with van der Waals surface area (Å²) in [4.78, 5) is 14.8. The third kappa shape index (κ3) is 3.31. The molecule has 6 nitrogen and oxygen atoms in total. The van der Waals surface area contributed by atoms with Crippen LogP contribution in [0.25, 0.3) is 0 Å². The molecule has 0 aliphatic carbocycles. The van der Waals surface area contributed by atoms with Crippen LogP contribution in [0.5, 0.6) is 0 Å². The molecule has 0 atom stereocenters. The summed E-state index contributed by atoms with van der Waals surface area (Å²) in [6.45, 7) is 5.91. The van der Waals surface area contributed by atoms with Crippen LogP contribution in [0.3, 0.4) is 0 Å². The van der Waals surface area contributed by atoms with Gasteiger partial charge in [-0.15, -0.1) is 0 Å². The average molecular weight is 325 g/mol. The van der Waals surface area contributed by atoms with Gasteiger partial charge in [-0.05, 0) is 31.3 Å². The van der Waals surface area contributed by atoms with E-state index >= 15 is 0 Å². The van der Waals surface area contributed by atoms with E-state index in [9.17, 15) is 4.79 Å². The van der Waals surface area contributed by atoms with Crippen LogP contribution >= 0.6 is 11.8 Å². The molecule has 0 spiro atoms. The molecule has 0 radical (unpaired) electrons. The van der Waals surface area contributed by atoms with Crippen LogP contribution < -0.4 is 5.32 Å². The maximum absolute atomic E-state index is 12.3. The lowest BCUT2D eigenvalue weighted by atomic mass is 9.89. The largest absolute Gasteiger partial charge is 0.379 e. The summed E-state index contributed by atoms with van der Waals surface area (Å²) in [5.41, 5.74) is 0.595. The molecule has 3 heterocycles. The first-order valence-electron chi connectivity index (χ1n) is 7.81. The number of carbonyl (C=O) groups excluding carboxylic acids is 1. The minimum absolute atomic E-state index is 0.0652. The molecule has 1 aromatic rings. The van der Waals surface area contributed by atoms with Gasteiger partial charge in [-0.1, -0.05) is 5.16 Å². The highest BCUT2D eigenvalue weighted by molar-refractivity contribution is 7.99. The molecule has 2 saturated heterocycles. The SMILES string of the molecule is Cc1oncc1C(=O)NCC1(N2CCOCC2)CCSCC1. The van der Waals surface area contributed by atoms with E-state index < -0.39 is 0 Å². The highest BCUT2D eigenvalue weighted by Crippen LogP contribution is 2.32. The molecule has 2 aliphatic rings. The van der Waals surface area contributed by atoms with Gasteiger partial charge in [0.2, 0.25) is 0 Å². The molecule has 1 amide bonds. The van der Waals surface area contributed by atoms with Gasteiger partial charge in [0.05, 0.1) is 19.4 Å². The number of hydrogen-bond donors (Lipinski definition) is 1. The molecule has 7 heteroatoms. The van der Waals surface area contributed by atoms with Crippen molar-refractivity contribution in [1.29, 1.82) is 0 Å². The Bertz CT molecular complexity index is 508. The zero-order valence-electron chi connectivity index (χ0n) is 13.0. The predicted molar refractivity (Wildman–Crippen MR) is 85.3 cm³/mol. The summed E-state index contributed by atoms with van der Waals surface area (Å²) >= 11 is 2.00. The van der Waals surface area contributed by atoms with Gasteiger partial charge >= 0.3 is 0 Å². The van der Waals surface area contributed by atoms with Crippen molar-refractivity contribution in [2.75, 3.05) is 44.4 Å². The third-order valence-corrected chi connectivity index (χ3v) is 5.66. The van der Waals surface area contributed by atoms with Crippen LogP contribution in [0, 0.1) is 6.92 Å². The Hall–Kier alpha value is -1.05. The molecule has 122 valence electrons. The standard InChI is InChI=1S/C15H23N3O3S/c1-12-13(10-17-21-12)14(19)16-11-15(2-8-22-9-3-15)18-4-6-20-7-5-18/h10H,2-9,11H2,1H3,(H,16,19). The average Bonchev–Trinajstić information content (AvgIpc) is 3.00. The van der Waals surface area contributed by atoms with Gasteiger partial charge in [-0.3, -0.25) is 9.69 Å². The number of ether oxygens (including phenoxy) is 1. The topological polar surface area (TPSA) is 67.6 Å². The van der Waals surface area contributed by atoms with Crippen molar-refractivity contribution in [2.24, 2.45) is 0 Å². The fraction of sp³-hybridized carbons (Fsp3) is 0.733. The van der Waals surface area contributed by atoms with Crippen LogP contribution in [0.4, 0.5) is 0 Å². The Morgan fingerprint density at radius 2 is 2.14 bits per heavy atom. The second-order valence-electron chi connectivity index (χ2n) is 5.91. The zero-order chi connectivity index (χ0) is 15.4. The van der Waals surface area contributed by atoms with Crippen molar-refractivity contribution < 1.29 is 14.1 Å². The second kappa shape index (κ2) is 7.02. The lowest BCUT2D eigenvalue weighted by molar-refractivity contribution is -0.0255. The van der Waals surface area contributed by atoms with Crippen molar-refractivity contribution in [3.8, 4) is 0 Å². The maximum Gasteiger partial charge on any atom is 0.256 e. The molecule has 2 aliphatic heterocycles. The summed E-state index contributed by atoms with van der Waals surface area (Å²) in [5.74, 6) is 2.78. The van der Waals surface area contributed by atoms with Crippen LogP contribution in [0.2, 0.25) is 0 Å². The van der Waals surface area contributed by atoms with Crippen molar-refractivity contribution >= 4 is 17.7 Å². The smallest absolute Gasteiger partial charge is 0.256 e. The summed E-state index contributed by atoms with van der Waals surface area (Å²) in [6.07, 6.45) is 3.71.